The smallest absolute Gasteiger partial charge is 1.00 e. The molecule has 3 aromatic carbocycles. The Kier molecular flexibility index (Phi) is 26.1. The van der Waals surface area contributed by atoms with Crippen molar-refractivity contribution in [2.45, 2.75) is 101 Å². The molecule has 0 amide bonds. The van der Waals surface area contributed by atoms with E-state index in [1.807, 2.05) is 34.6 Å². The van der Waals surface area contributed by atoms with Crippen LogP contribution in [0.2, 0.25) is 15.1 Å². The van der Waals surface area contributed by atoms with Crippen LogP contribution < -0.4 is 65.0 Å². The van der Waals surface area contributed by atoms with Crippen LogP contribution in [-0.2, 0) is 24.1 Å². The fourth-order valence-electron chi connectivity index (χ4n) is 7.22. The molecule has 0 bridgehead atoms. The van der Waals surface area contributed by atoms with Crippen LogP contribution in [0.5, 0.6) is 23.1 Å². The number of carbonyl (C=O) groups excluding carboxylic acids is 4. The van der Waals surface area contributed by atoms with Gasteiger partial charge in [-0.15, -0.1) is 22.7 Å². The summed E-state index contributed by atoms with van der Waals surface area (Å²) >= 11 is 23.3. The number of pyridine rings is 1. The molecule has 0 unspecified atom stereocenters. The predicted molar refractivity (Wildman–Crippen MR) is 308 cm³/mol. The van der Waals surface area contributed by atoms with Crippen molar-refractivity contribution in [1.82, 2.24) is 19.9 Å². The molecule has 4 heterocycles. The normalized spacial score (nSPS) is 10.6. The van der Waals surface area contributed by atoms with Crippen molar-refractivity contribution in [3.63, 3.8) is 0 Å². The number of aryl methyl sites for hydroxylation is 3. The Morgan fingerprint density at radius 3 is 1.80 bits per heavy atom. The Hall–Kier alpha value is -4.89. The standard InChI is InChI=1S/C19H22ClNO3S.C18H19ClN2O2S.C9H10ClNO2.C8H12N2O2S.Na.H/c1-10(2)8-17-21-19(12(4)25-17)15(23)9-14-13(11(3)22)6-7-16(24-5)18(14)20;1-9(2)7-15-21-17(10(3)24-15)12-8-13(22)11-5-6-14(23-4)16(19)18(11)20-12;1-5(12)6-3-4-7(13-2)8(10)9(6)11;1-5(2)9-8-10-7(12-4-11)6(3)13-8;;/h6-7,10H,8-9H2,1-5H3;5-6,8-9H,7H2,1-4H3,(H,20,22);3-4H,11H2,1-2H3;4-5H,1-3H3,(H,9,10);;/q;;;;+1;-1. The summed E-state index contributed by atoms with van der Waals surface area (Å²) in [6.07, 6.45) is 1.80. The maximum atomic E-state index is 12.8. The van der Waals surface area contributed by atoms with Gasteiger partial charge in [-0.3, -0.25) is 24.0 Å². The van der Waals surface area contributed by atoms with Crippen LogP contribution in [-0.4, -0.2) is 71.1 Å². The van der Waals surface area contributed by atoms with Crippen molar-refractivity contribution in [1.29, 1.82) is 0 Å². The number of hydrogen-bond donors (Lipinski definition) is 3. The number of anilines is 2. The number of nitrogens with zero attached hydrogens (tertiary/aromatic N) is 3. The minimum absolute atomic E-state index is 0. The number of ether oxygens (including phenoxy) is 4. The molecule has 4 aromatic heterocycles. The zero-order valence-corrected chi connectivity index (χ0v) is 52.1. The Labute approximate surface area is 494 Å². The maximum absolute atomic E-state index is 12.8. The maximum Gasteiger partial charge on any atom is 1.00 e. The number of methoxy groups -OCH3 is 3. The number of nitrogens with one attached hydrogen (secondary N) is 2. The molecular formula is C54H64Cl3N6NaO9S3. The van der Waals surface area contributed by atoms with Gasteiger partial charge in [0, 0.05) is 57.6 Å². The largest absolute Gasteiger partial charge is 1.00 e. The summed E-state index contributed by atoms with van der Waals surface area (Å²) in [4.78, 5) is 77.7. The first-order valence-electron chi connectivity index (χ1n) is 23.5. The number of aromatic nitrogens is 4. The fourth-order valence-corrected chi connectivity index (χ4v) is 11.3. The molecule has 4 N–H and O–H groups in total. The molecule has 0 atom stereocenters. The predicted octanol–water partition coefficient (Wildman–Crippen LogP) is 10.8. The summed E-state index contributed by atoms with van der Waals surface area (Å²) in [7, 11) is 4.55. The van der Waals surface area contributed by atoms with Crippen molar-refractivity contribution < 1.29 is 69.1 Å². The van der Waals surface area contributed by atoms with E-state index in [2.05, 4.69) is 52.7 Å². The van der Waals surface area contributed by atoms with Gasteiger partial charge in [0.15, 0.2) is 27.9 Å². The SMILES string of the molecule is COc1ccc(C(C)=O)c(CC(=O)c2nc(CC(C)C)sc2C)c1Cl.COc1ccc(C(C)=O)c(N)c1Cl.COc1ccc2c(=O)cc(-c3nc(CC(C)C)sc3C)[nH]c2c1Cl.Cc1sc(NC(C)C)nc1OC=O.[H-].[Na+]. The Morgan fingerprint density at radius 1 is 0.737 bits per heavy atom. The van der Waals surface area contributed by atoms with Gasteiger partial charge in [0.05, 0.1) is 58.1 Å². The van der Waals surface area contributed by atoms with Gasteiger partial charge in [0.2, 0.25) is 5.88 Å². The van der Waals surface area contributed by atoms with Gasteiger partial charge in [0.25, 0.3) is 6.47 Å². The summed E-state index contributed by atoms with van der Waals surface area (Å²) in [5.74, 6) is 2.49. The number of nitrogens with two attached hydrogens (primary N) is 1. The van der Waals surface area contributed by atoms with Gasteiger partial charge in [0.1, 0.15) is 38.7 Å². The third-order valence-electron chi connectivity index (χ3n) is 10.7. The van der Waals surface area contributed by atoms with E-state index in [1.54, 1.807) is 72.2 Å². The Balaban J connectivity index is 0.000000363. The number of carbonyl (C=O) groups is 4. The third-order valence-corrected chi connectivity index (χ3v) is 14.8. The second-order valence-corrected chi connectivity index (χ2v) is 22.9. The molecule has 0 fully saturated rings. The number of Topliss-reactive ketones (excluding diaryl/α,β-unsaturated/α-hetero) is 3. The van der Waals surface area contributed by atoms with E-state index >= 15 is 0 Å². The van der Waals surface area contributed by atoms with Crippen molar-refractivity contribution >= 4 is 114 Å². The Bertz CT molecular complexity index is 3230. The van der Waals surface area contributed by atoms with Gasteiger partial charge in [-0.2, -0.15) is 4.98 Å². The molecule has 0 saturated heterocycles. The van der Waals surface area contributed by atoms with E-state index in [-0.39, 0.29) is 70.9 Å². The average Bonchev–Trinajstić information content (AvgIpc) is 4.01. The van der Waals surface area contributed by atoms with Crippen molar-refractivity contribution in [2.24, 2.45) is 11.8 Å². The number of halogens is 3. The molecule has 0 aliphatic heterocycles. The molecule has 7 aromatic rings. The van der Waals surface area contributed by atoms with E-state index in [0.29, 0.717) is 96.5 Å². The average molecular weight is 1170 g/mol. The summed E-state index contributed by atoms with van der Waals surface area (Å²) in [6, 6.07) is 11.9. The van der Waals surface area contributed by atoms with Crippen LogP contribution in [0.1, 0.15) is 118 Å². The second-order valence-electron chi connectivity index (χ2n) is 18.0. The number of aromatic amines is 1. The van der Waals surface area contributed by atoms with Crippen molar-refractivity contribution in [3.8, 4) is 34.5 Å². The zero-order valence-electron chi connectivity index (χ0n) is 46.4. The van der Waals surface area contributed by atoms with Crippen molar-refractivity contribution in [2.75, 3.05) is 32.4 Å². The van der Waals surface area contributed by atoms with Gasteiger partial charge < -0.3 is 36.4 Å². The number of fused-ring (bicyclic) bond motifs is 1. The van der Waals surface area contributed by atoms with Crippen LogP contribution in [0.15, 0.2) is 47.3 Å². The molecule has 22 heteroatoms. The number of thiazole rings is 3. The first kappa shape index (κ1) is 65.4. The van der Waals surface area contributed by atoms with Gasteiger partial charge in [-0.05, 0) is 102 Å². The first-order valence-corrected chi connectivity index (χ1v) is 27.1. The van der Waals surface area contributed by atoms with E-state index in [0.717, 1.165) is 48.3 Å². The molecular weight excluding hydrogens is 1100 g/mol. The first-order chi connectivity index (χ1) is 35.3. The molecule has 0 saturated carbocycles. The summed E-state index contributed by atoms with van der Waals surface area (Å²) in [5.41, 5.74) is 9.72. The van der Waals surface area contributed by atoms with E-state index in [4.69, 9.17) is 59.7 Å². The van der Waals surface area contributed by atoms with Crippen LogP contribution in [0.3, 0.4) is 0 Å². The third kappa shape index (κ3) is 17.6. The number of benzene rings is 3. The van der Waals surface area contributed by atoms with Crippen LogP contribution >= 0.6 is 68.8 Å². The van der Waals surface area contributed by atoms with Gasteiger partial charge >= 0.3 is 29.6 Å². The van der Waals surface area contributed by atoms with Crippen LogP contribution in [0.25, 0.3) is 22.3 Å². The monoisotopic (exact) mass is 1160 g/mol. The molecule has 7 rings (SSSR count). The second kappa shape index (κ2) is 30.3. The van der Waals surface area contributed by atoms with Crippen LogP contribution in [0, 0.1) is 32.6 Å². The molecule has 15 nitrogen and oxygen atoms in total. The molecule has 0 aliphatic rings. The zero-order chi connectivity index (χ0) is 56.0. The fraction of sp³-hybridized carbons (Fsp3) is 0.370. The summed E-state index contributed by atoms with van der Waals surface area (Å²) in [5, 5.41) is 7.49. The van der Waals surface area contributed by atoms with E-state index in [9.17, 15) is 24.0 Å². The number of rotatable bonds is 17. The topological polar surface area (TPSA) is 215 Å². The number of hydrogen-bond acceptors (Lipinski definition) is 17. The van der Waals surface area contributed by atoms with Gasteiger partial charge in [-0.25, -0.2) is 9.97 Å². The van der Waals surface area contributed by atoms with E-state index in [1.165, 1.54) is 39.4 Å². The van der Waals surface area contributed by atoms with E-state index < -0.39 is 0 Å². The molecule has 76 heavy (non-hydrogen) atoms. The van der Waals surface area contributed by atoms with Gasteiger partial charge in [-0.1, -0.05) is 73.8 Å². The number of ketones is 3. The number of nitrogen functional groups attached to an aromatic ring is 1. The van der Waals surface area contributed by atoms with Crippen LogP contribution in [0.4, 0.5) is 10.8 Å². The molecule has 404 valence electrons. The Morgan fingerprint density at radius 2 is 1.26 bits per heavy atom. The molecule has 0 radical (unpaired) electrons. The molecule has 0 aliphatic carbocycles. The minimum Gasteiger partial charge on any atom is -1.00 e. The minimum atomic E-state index is -0.138. The summed E-state index contributed by atoms with van der Waals surface area (Å²) < 4.78 is 20.1. The van der Waals surface area contributed by atoms with Crippen molar-refractivity contribution in [3.05, 3.63) is 115 Å². The molecule has 0 spiro atoms. The summed E-state index contributed by atoms with van der Waals surface area (Å²) in [6.45, 7) is 21.7. The quantitative estimate of drug-likeness (QED) is 0.0335. The number of H-pyrrole nitrogens is 1.